The highest BCUT2D eigenvalue weighted by atomic mass is 79.9. The molecule has 1 aromatic heterocycles. The number of benzene rings is 3. The van der Waals surface area contributed by atoms with E-state index in [1.165, 1.54) is 21.8 Å². The van der Waals surface area contributed by atoms with Gasteiger partial charge in [0.1, 0.15) is 0 Å². The Bertz CT molecular complexity index is 916. The summed E-state index contributed by atoms with van der Waals surface area (Å²) in [4.78, 5) is 0. The predicted octanol–water partition coefficient (Wildman–Crippen LogP) is 5.13. The van der Waals surface area contributed by atoms with Crippen LogP contribution in [0.2, 0.25) is 0 Å². The lowest BCUT2D eigenvalue weighted by Gasteiger charge is -2.11. The highest BCUT2D eigenvalue weighted by molar-refractivity contribution is 9.10. The van der Waals surface area contributed by atoms with E-state index in [0.717, 1.165) is 15.8 Å². The molecule has 0 aliphatic carbocycles. The Balaban J connectivity index is 2.20. The molecule has 0 bridgehead atoms. The molecule has 0 amide bonds. The first-order valence-electron chi connectivity index (χ1n) is 6.79. The number of rotatable bonds is 1. The fraction of sp³-hybridized carbons (Fsp3) is 0. The molecular weight excluding hydrogens is 324 g/mol. The van der Waals surface area contributed by atoms with Crippen molar-refractivity contribution in [2.45, 2.75) is 0 Å². The van der Waals surface area contributed by atoms with E-state index in [9.17, 15) is 0 Å². The molecule has 4 rings (SSSR count). The van der Waals surface area contributed by atoms with Gasteiger partial charge in [-0.1, -0.05) is 52.3 Å². The zero-order valence-corrected chi connectivity index (χ0v) is 12.8. The minimum Gasteiger partial charge on any atom is -0.397 e. The van der Waals surface area contributed by atoms with E-state index in [1.54, 1.807) is 0 Å². The minimum atomic E-state index is 0.760. The third kappa shape index (κ3) is 1.85. The van der Waals surface area contributed by atoms with Crippen LogP contribution >= 0.6 is 15.9 Å². The molecule has 21 heavy (non-hydrogen) atoms. The summed E-state index contributed by atoms with van der Waals surface area (Å²) in [6.07, 6.45) is 0. The summed E-state index contributed by atoms with van der Waals surface area (Å²) >= 11 is 3.47. The monoisotopic (exact) mass is 336 g/mol. The van der Waals surface area contributed by atoms with Crippen LogP contribution in [0.25, 0.3) is 27.5 Å². The Hall–Kier alpha value is -2.26. The number of aromatic nitrogens is 1. The average Bonchev–Trinajstić information content (AvgIpc) is 2.82. The Morgan fingerprint density at radius 2 is 1.33 bits per heavy atom. The third-order valence-corrected chi connectivity index (χ3v) is 4.30. The highest BCUT2D eigenvalue weighted by Crippen LogP contribution is 2.34. The van der Waals surface area contributed by atoms with Crippen LogP contribution in [0.3, 0.4) is 0 Å². The number of hydrogen-bond acceptors (Lipinski definition) is 1. The van der Waals surface area contributed by atoms with Crippen LogP contribution in [0.4, 0.5) is 5.69 Å². The van der Waals surface area contributed by atoms with E-state index in [-0.39, 0.29) is 0 Å². The summed E-state index contributed by atoms with van der Waals surface area (Å²) in [5.41, 5.74) is 10.4. The summed E-state index contributed by atoms with van der Waals surface area (Å²) in [5, 5.41) is 2.49. The van der Waals surface area contributed by atoms with Crippen LogP contribution in [-0.2, 0) is 0 Å². The zero-order valence-electron chi connectivity index (χ0n) is 11.3. The van der Waals surface area contributed by atoms with Gasteiger partial charge in [0.2, 0.25) is 0 Å². The maximum Gasteiger partial charge on any atom is 0.0692 e. The number of halogens is 1. The largest absolute Gasteiger partial charge is 0.397 e. The van der Waals surface area contributed by atoms with Gasteiger partial charge in [-0.15, -0.1) is 0 Å². The average molecular weight is 337 g/mol. The van der Waals surface area contributed by atoms with Gasteiger partial charge in [-0.2, -0.15) is 0 Å². The van der Waals surface area contributed by atoms with Crippen molar-refractivity contribution in [1.29, 1.82) is 0 Å². The molecule has 4 aromatic rings. The van der Waals surface area contributed by atoms with Crippen molar-refractivity contribution in [2.75, 3.05) is 5.73 Å². The van der Waals surface area contributed by atoms with Gasteiger partial charge in [0, 0.05) is 15.2 Å². The molecule has 3 aromatic carbocycles. The van der Waals surface area contributed by atoms with Crippen LogP contribution in [0.5, 0.6) is 0 Å². The second-order valence-corrected chi connectivity index (χ2v) is 5.99. The van der Waals surface area contributed by atoms with E-state index < -0.39 is 0 Å². The molecule has 0 spiro atoms. The smallest absolute Gasteiger partial charge is 0.0692 e. The molecule has 0 unspecified atom stereocenters. The quantitative estimate of drug-likeness (QED) is 0.480. The van der Waals surface area contributed by atoms with Crippen molar-refractivity contribution < 1.29 is 0 Å². The molecule has 2 nitrogen and oxygen atoms in total. The van der Waals surface area contributed by atoms with Crippen molar-refractivity contribution in [2.24, 2.45) is 0 Å². The first-order chi connectivity index (χ1) is 10.3. The first kappa shape index (κ1) is 12.5. The van der Waals surface area contributed by atoms with Gasteiger partial charge in [0.15, 0.2) is 0 Å². The van der Waals surface area contributed by atoms with Crippen molar-refractivity contribution >= 4 is 43.4 Å². The maximum atomic E-state index is 6.24. The van der Waals surface area contributed by atoms with E-state index in [0.29, 0.717) is 0 Å². The van der Waals surface area contributed by atoms with Crippen LogP contribution in [0, 0.1) is 0 Å². The molecule has 0 saturated heterocycles. The van der Waals surface area contributed by atoms with Crippen LogP contribution < -0.4 is 5.73 Å². The standard InChI is InChI=1S/C18H13BrN2/c19-12-9-10-18(15(20)11-12)21-16-7-3-1-5-13(16)14-6-2-4-8-17(14)21/h1-11H,20H2. The Kier molecular flexibility index (Phi) is 2.76. The number of nitrogen functional groups attached to an aromatic ring is 1. The van der Waals surface area contributed by atoms with Gasteiger partial charge < -0.3 is 10.3 Å². The van der Waals surface area contributed by atoms with Crippen LogP contribution in [0.1, 0.15) is 0 Å². The molecule has 1 heterocycles. The van der Waals surface area contributed by atoms with Gasteiger partial charge in [0.05, 0.1) is 22.4 Å². The molecule has 0 atom stereocenters. The van der Waals surface area contributed by atoms with E-state index in [4.69, 9.17) is 5.73 Å². The summed E-state index contributed by atoms with van der Waals surface area (Å²) in [7, 11) is 0. The zero-order chi connectivity index (χ0) is 14.4. The van der Waals surface area contributed by atoms with Crippen LogP contribution in [-0.4, -0.2) is 4.57 Å². The number of hydrogen-bond donors (Lipinski definition) is 1. The number of nitrogens with zero attached hydrogens (tertiary/aromatic N) is 1. The predicted molar refractivity (Wildman–Crippen MR) is 92.9 cm³/mol. The molecule has 0 aliphatic heterocycles. The van der Waals surface area contributed by atoms with E-state index in [1.807, 2.05) is 12.1 Å². The molecule has 0 fully saturated rings. The second kappa shape index (κ2) is 4.64. The number of para-hydroxylation sites is 2. The third-order valence-electron chi connectivity index (χ3n) is 3.81. The Morgan fingerprint density at radius 3 is 1.90 bits per heavy atom. The van der Waals surface area contributed by atoms with Crippen molar-refractivity contribution in [1.82, 2.24) is 4.57 Å². The molecule has 0 aliphatic rings. The molecule has 0 radical (unpaired) electrons. The van der Waals surface area contributed by atoms with Gasteiger partial charge in [-0.3, -0.25) is 0 Å². The molecular formula is C18H13BrN2. The maximum absolute atomic E-state index is 6.24. The Morgan fingerprint density at radius 1 is 0.762 bits per heavy atom. The molecule has 2 N–H and O–H groups in total. The second-order valence-electron chi connectivity index (χ2n) is 5.07. The fourth-order valence-corrected chi connectivity index (χ4v) is 3.29. The van der Waals surface area contributed by atoms with Crippen molar-refractivity contribution in [3.63, 3.8) is 0 Å². The number of anilines is 1. The van der Waals surface area contributed by atoms with Gasteiger partial charge in [0.25, 0.3) is 0 Å². The van der Waals surface area contributed by atoms with E-state index >= 15 is 0 Å². The Labute approximate surface area is 130 Å². The lowest BCUT2D eigenvalue weighted by molar-refractivity contribution is 1.18. The van der Waals surface area contributed by atoms with Gasteiger partial charge in [-0.25, -0.2) is 0 Å². The summed E-state index contributed by atoms with van der Waals surface area (Å²) in [5.74, 6) is 0. The summed E-state index contributed by atoms with van der Waals surface area (Å²) in [6, 6.07) is 22.9. The molecule has 0 saturated carbocycles. The highest BCUT2D eigenvalue weighted by Gasteiger charge is 2.12. The van der Waals surface area contributed by atoms with Crippen molar-refractivity contribution in [3.05, 3.63) is 71.2 Å². The number of fused-ring (bicyclic) bond motifs is 3. The normalized spacial score (nSPS) is 11.3. The number of nitrogens with two attached hydrogens (primary N) is 1. The van der Waals surface area contributed by atoms with Gasteiger partial charge >= 0.3 is 0 Å². The fourth-order valence-electron chi connectivity index (χ4n) is 2.91. The summed E-state index contributed by atoms with van der Waals surface area (Å²) in [6.45, 7) is 0. The lowest BCUT2D eigenvalue weighted by atomic mass is 10.2. The van der Waals surface area contributed by atoms with Crippen LogP contribution in [0.15, 0.2) is 71.2 Å². The molecule has 3 heteroatoms. The topological polar surface area (TPSA) is 30.9 Å². The minimum absolute atomic E-state index is 0.760. The lowest BCUT2D eigenvalue weighted by Crippen LogP contribution is -1.99. The first-order valence-corrected chi connectivity index (χ1v) is 7.58. The van der Waals surface area contributed by atoms with Gasteiger partial charge in [-0.05, 0) is 30.3 Å². The van der Waals surface area contributed by atoms with Crippen molar-refractivity contribution in [3.8, 4) is 5.69 Å². The molecule has 102 valence electrons. The summed E-state index contributed by atoms with van der Waals surface area (Å²) < 4.78 is 3.22. The van der Waals surface area contributed by atoms with E-state index in [2.05, 4.69) is 75.1 Å². The SMILES string of the molecule is Nc1cc(Br)ccc1-n1c2ccccc2c2ccccc21.